The molecule has 4 rings (SSSR count). The molecule has 1 saturated heterocycles. The molecule has 2 saturated carbocycles. The number of carbonyl (C=O) groups is 1. The van der Waals surface area contributed by atoms with Crippen molar-refractivity contribution < 1.29 is 4.79 Å². The van der Waals surface area contributed by atoms with Crippen molar-refractivity contribution in [2.45, 2.75) is 25.3 Å². The molecule has 0 spiro atoms. The van der Waals surface area contributed by atoms with Crippen molar-refractivity contribution in [3.63, 3.8) is 0 Å². The largest absolute Gasteiger partial charge is 0.368 e. The molecule has 1 aromatic rings. The van der Waals surface area contributed by atoms with E-state index in [2.05, 4.69) is 34.1 Å². The molecule has 1 amide bonds. The Morgan fingerprint density at radius 3 is 2.17 bits per heavy atom. The first-order valence-electron chi connectivity index (χ1n) is 8.58. The molecular weight excluding hydrogens is 345 g/mol. The van der Waals surface area contributed by atoms with Crippen molar-refractivity contribution in [1.29, 1.82) is 0 Å². The summed E-state index contributed by atoms with van der Waals surface area (Å²) >= 11 is 0. The molecule has 3 fully saturated rings. The predicted molar refractivity (Wildman–Crippen MR) is 102 cm³/mol. The van der Waals surface area contributed by atoms with E-state index in [0.717, 1.165) is 26.2 Å². The molecular formula is C18H27Cl2N3O. The lowest BCUT2D eigenvalue weighted by molar-refractivity contribution is -0.138. The fourth-order valence-electron chi connectivity index (χ4n) is 4.74. The van der Waals surface area contributed by atoms with Gasteiger partial charge in [-0.05, 0) is 43.2 Å². The number of piperazine rings is 1. The zero-order valence-electron chi connectivity index (χ0n) is 13.8. The number of hydrogen-bond donors (Lipinski definition) is 1. The zero-order chi connectivity index (χ0) is 15.1. The topological polar surface area (TPSA) is 49.6 Å². The first-order valence-corrected chi connectivity index (χ1v) is 8.58. The molecule has 24 heavy (non-hydrogen) atoms. The summed E-state index contributed by atoms with van der Waals surface area (Å²) < 4.78 is 0. The fourth-order valence-corrected chi connectivity index (χ4v) is 4.74. The van der Waals surface area contributed by atoms with Gasteiger partial charge in [0.05, 0.1) is 5.92 Å². The molecule has 2 bridgehead atoms. The highest BCUT2D eigenvalue weighted by Gasteiger charge is 2.50. The van der Waals surface area contributed by atoms with Crippen LogP contribution in [0.15, 0.2) is 30.3 Å². The quantitative estimate of drug-likeness (QED) is 0.868. The van der Waals surface area contributed by atoms with Gasteiger partial charge < -0.3 is 15.5 Å². The summed E-state index contributed by atoms with van der Waals surface area (Å²) in [6.07, 6.45) is 3.62. The molecule has 2 N–H and O–H groups in total. The van der Waals surface area contributed by atoms with Gasteiger partial charge in [0, 0.05) is 37.9 Å². The average molecular weight is 372 g/mol. The van der Waals surface area contributed by atoms with Gasteiger partial charge in [-0.2, -0.15) is 0 Å². The second kappa shape index (κ2) is 7.94. The minimum absolute atomic E-state index is 0. The van der Waals surface area contributed by atoms with Gasteiger partial charge in [0.15, 0.2) is 0 Å². The summed E-state index contributed by atoms with van der Waals surface area (Å²) in [5, 5.41) is 0. The Morgan fingerprint density at radius 1 is 0.958 bits per heavy atom. The molecule has 0 aromatic heterocycles. The maximum atomic E-state index is 12.9. The number of rotatable bonds is 2. The number of nitrogens with two attached hydrogens (primary N) is 1. The van der Waals surface area contributed by atoms with Crippen LogP contribution in [-0.4, -0.2) is 43.0 Å². The molecule has 2 aliphatic carbocycles. The van der Waals surface area contributed by atoms with Crippen LogP contribution in [0.25, 0.3) is 0 Å². The minimum Gasteiger partial charge on any atom is -0.368 e. The molecule has 3 aliphatic rings. The minimum atomic E-state index is 0. The monoisotopic (exact) mass is 371 g/mol. The lowest BCUT2D eigenvalue weighted by atomic mass is 9.84. The Balaban J connectivity index is 0.00000104. The smallest absolute Gasteiger partial charge is 0.227 e. The van der Waals surface area contributed by atoms with Crippen LogP contribution in [0, 0.1) is 17.8 Å². The number of halogens is 2. The summed E-state index contributed by atoms with van der Waals surface area (Å²) in [6.45, 7) is 3.50. The van der Waals surface area contributed by atoms with Gasteiger partial charge in [-0.15, -0.1) is 24.8 Å². The van der Waals surface area contributed by atoms with Gasteiger partial charge in [-0.25, -0.2) is 0 Å². The first kappa shape index (κ1) is 19.4. The van der Waals surface area contributed by atoms with E-state index in [1.807, 2.05) is 6.07 Å². The fraction of sp³-hybridized carbons (Fsp3) is 0.611. The third kappa shape index (κ3) is 3.37. The van der Waals surface area contributed by atoms with Crippen LogP contribution in [0.4, 0.5) is 5.69 Å². The van der Waals surface area contributed by atoms with E-state index in [4.69, 9.17) is 5.73 Å². The zero-order valence-corrected chi connectivity index (χ0v) is 15.5. The van der Waals surface area contributed by atoms with Crippen LogP contribution >= 0.6 is 24.8 Å². The van der Waals surface area contributed by atoms with Crippen molar-refractivity contribution in [2.75, 3.05) is 31.1 Å². The number of amides is 1. The summed E-state index contributed by atoms with van der Waals surface area (Å²) in [4.78, 5) is 17.3. The van der Waals surface area contributed by atoms with Crippen molar-refractivity contribution in [1.82, 2.24) is 4.90 Å². The van der Waals surface area contributed by atoms with Gasteiger partial charge in [0.1, 0.15) is 0 Å². The summed E-state index contributed by atoms with van der Waals surface area (Å²) in [6, 6.07) is 10.6. The van der Waals surface area contributed by atoms with Crippen LogP contribution in [0.5, 0.6) is 0 Å². The van der Waals surface area contributed by atoms with E-state index < -0.39 is 0 Å². The van der Waals surface area contributed by atoms with Gasteiger partial charge in [-0.1, -0.05) is 18.2 Å². The standard InChI is InChI=1S/C18H25N3O.2ClH/c19-17-14-7-6-13(12-14)16(17)18(22)21-10-8-20(9-11-21)15-4-2-1-3-5-15;;/h1-5,13-14,16-17H,6-12,19H2;2*1H. The van der Waals surface area contributed by atoms with Crippen LogP contribution in [-0.2, 0) is 4.79 Å². The van der Waals surface area contributed by atoms with Crippen LogP contribution < -0.4 is 10.6 Å². The van der Waals surface area contributed by atoms with Gasteiger partial charge >= 0.3 is 0 Å². The van der Waals surface area contributed by atoms with E-state index in [1.165, 1.54) is 24.9 Å². The van der Waals surface area contributed by atoms with E-state index >= 15 is 0 Å². The molecule has 134 valence electrons. The summed E-state index contributed by atoms with van der Waals surface area (Å²) in [7, 11) is 0. The molecule has 4 unspecified atom stereocenters. The Labute approximate surface area is 156 Å². The number of para-hydroxylation sites is 1. The molecule has 1 aliphatic heterocycles. The predicted octanol–water partition coefficient (Wildman–Crippen LogP) is 2.55. The van der Waals surface area contributed by atoms with Gasteiger partial charge in [-0.3, -0.25) is 4.79 Å². The highest BCUT2D eigenvalue weighted by atomic mass is 35.5. The van der Waals surface area contributed by atoms with Crippen molar-refractivity contribution in [3.8, 4) is 0 Å². The highest BCUT2D eigenvalue weighted by molar-refractivity contribution is 5.85. The first-order chi connectivity index (χ1) is 10.7. The Kier molecular flexibility index (Phi) is 6.40. The second-order valence-electron chi connectivity index (χ2n) is 7.08. The number of carbonyl (C=O) groups excluding carboxylic acids is 1. The molecule has 0 radical (unpaired) electrons. The van der Waals surface area contributed by atoms with Crippen LogP contribution in [0.3, 0.4) is 0 Å². The summed E-state index contributed by atoms with van der Waals surface area (Å²) in [5.74, 6) is 1.58. The normalized spacial score (nSPS) is 31.4. The third-order valence-corrected chi connectivity index (χ3v) is 5.98. The number of hydrogen-bond acceptors (Lipinski definition) is 3. The van der Waals surface area contributed by atoms with Crippen molar-refractivity contribution in [2.24, 2.45) is 23.5 Å². The Hall–Kier alpha value is -0.970. The molecule has 4 atom stereocenters. The number of anilines is 1. The second-order valence-corrected chi connectivity index (χ2v) is 7.08. The maximum absolute atomic E-state index is 12.9. The van der Waals surface area contributed by atoms with E-state index in [-0.39, 0.29) is 36.8 Å². The highest BCUT2D eigenvalue weighted by Crippen LogP contribution is 2.48. The third-order valence-electron chi connectivity index (χ3n) is 5.98. The Morgan fingerprint density at radius 2 is 1.58 bits per heavy atom. The lowest BCUT2D eigenvalue weighted by Crippen LogP contribution is -2.53. The summed E-state index contributed by atoms with van der Waals surface area (Å²) in [5.41, 5.74) is 7.59. The van der Waals surface area contributed by atoms with E-state index in [1.54, 1.807) is 0 Å². The lowest BCUT2D eigenvalue weighted by Gasteiger charge is -2.39. The number of nitrogens with zero attached hydrogens (tertiary/aromatic N) is 2. The van der Waals surface area contributed by atoms with Gasteiger partial charge in [0.2, 0.25) is 5.91 Å². The SMILES string of the molecule is Cl.Cl.NC1C2CCC(C2)C1C(=O)N1CCN(c2ccccc2)CC1. The average Bonchev–Trinajstić information content (AvgIpc) is 3.16. The van der Waals surface area contributed by atoms with Crippen molar-refractivity contribution in [3.05, 3.63) is 30.3 Å². The Bertz CT molecular complexity index is 546. The maximum Gasteiger partial charge on any atom is 0.227 e. The number of fused-ring (bicyclic) bond motifs is 2. The molecule has 1 aromatic carbocycles. The van der Waals surface area contributed by atoms with Crippen LogP contribution in [0.1, 0.15) is 19.3 Å². The van der Waals surface area contributed by atoms with E-state index in [0.29, 0.717) is 17.7 Å². The molecule has 6 heteroatoms. The van der Waals surface area contributed by atoms with Crippen LogP contribution in [0.2, 0.25) is 0 Å². The van der Waals surface area contributed by atoms with Crippen molar-refractivity contribution >= 4 is 36.4 Å². The molecule has 4 nitrogen and oxygen atoms in total. The molecule has 1 heterocycles. The number of benzene rings is 1. The van der Waals surface area contributed by atoms with Gasteiger partial charge in [0.25, 0.3) is 0 Å². The van der Waals surface area contributed by atoms with E-state index in [9.17, 15) is 4.79 Å².